The van der Waals surface area contributed by atoms with Gasteiger partial charge in [0, 0.05) is 24.2 Å². The predicted molar refractivity (Wildman–Crippen MR) is 85.7 cm³/mol. The third-order valence-corrected chi connectivity index (χ3v) is 4.49. The number of hydrogen-bond acceptors (Lipinski definition) is 3. The summed E-state index contributed by atoms with van der Waals surface area (Å²) < 4.78 is 28.8. The van der Waals surface area contributed by atoms with Gasteiger partial charge in [-0.3, -0.25) is 0 Å². The molecule has 0 aliphatic carbocycles. The molecule has 0 bridgehead atoms. The molecule has 0 spiro atoms. The number of hydrogen-bond donors (Lipinski definition) is 0. The van der Waals surface area contributed by atoms with Gasteiger partial charge >= 0.3 is 10.1 Å². The molecule has 0 aliphatic heterocycles. The van der Waals surface area contributed by atoms with E-state index in [-0.39, 0.29) is 23.8 Å². The first-order valence-electron chi connectivity index (χ1n) is 6.08. The Labute approximate surface area is 135 Å². The summed E-state index contributed by atoms with van der Waals surface area (Å²) >= 11 is 0. The van der Waals surface area contributed by atoms with Crippen molar-refractivity contribution in [2.75, 3.05) is 0 Å². The van der Waals surface area contributed by atoms with Gasteiger partial charge in [0.15, 0.2) is 0 Å². The molecule has 21 heavy (non-hydrogen) atoms. The average Bonchev–Trinajstić information content (AvgIpc) is 2.46. The van der Waals surface area contributed by atoms with Gasteiger partial charge in [-0.25, -0.2) is 0 Å². The first kappa shape index (κ1) is 15.7. The van der Waals surface area contributed by atoms with E-state index in [1.807, 2.05) is 36.4 Å². The van der Waals surface area contributed by atoms with E-state index in [1.54, 1.807) is 12.1 Å². The van der Waals surface area contributed by atoms with Crippen LogP contribution in [-0.4, -0.2) is 27.3 Å². The van der Waals surface area contributed by atoms with Gasteiger partial charge in [-0.05, 0) is 22.2 Å². The van der Waals surface area contributed by atoms with Crippen LogP contribution in [0, 0.1) is 0 Å². The normalized spacial score (nSPS) is 11.0. The van der Waals surface area contributed by atoms with Crippen molar-refractivity contribution in [2.45, 2.75) is 4.90 Å². The van der Waals surface area contributed by atoms with Gasteiger partial charge in [0.1, 0.15) is 4.90 Å². The molecular formula is C16H12LiO3S. The predicted octanol–water partition coefficient (Wildman–Crippen LogP) is 3.46. The fourth-order valence-corrected chi connectivity index (χ4v) is 3.35. The van der Waals surface area contributed by atoms with E-state index in [0.29, 0.717) is 5.39 Å². The molecule has 5 heteroatoms. The minimum absolute atomic E-state index is 0. The van der Waals surface area contributed by atoms with E-state index in [2.05, 4.69) is 10.8 Å². The van der Waals surface area contributed by atoms with Crippen molar-refractivity contribution >= 4 is 50.5 Å². The summed E-state index contributed by atoms with van der Waals surface area (Å²) in [6.45, 7) is 3.30. The molecule has 0 saturated carbocycles. The summed E-state index contributed by atoms with van der Waals surface area (Å²) in [5.74, 6) is 0. The Balaban J connectivity index is 0.00000161. The molecule has 3 aromatic rings. The van der Waals surface area contributed by atoms with Crippen molar-refractivity contribution < 1.29 is 12.6 Å². The van der Waals surface area contributed by atoms with Crippen molar-refractivity contribution in [2.24, 2.45) is 0 Å². The standard InChI is InChI=1S/C16H12O3S.Li/c1-2-19-20(17,18)16-9-5-8-14-13-7-4-3-6-12(13)10-11-15(14)16;/h2-11H,1H2;. The Morgan fingerprint density at radius 3 is 2.33 bits per heavy atom. The zero-order chi connectivity index (χ0) is 14.2. The molecule has 0 fully saturated rings. The number of benzene rings is 3. The van der Waals surface area contributed by atoms with Crippen molar-refractivity contribution in [1.82, 2.24) is 0 Å². The molecule has 0 amide bonds. The van der Waals surface area contributed by atoms with Gasteiger partial charge in [-0.15, -0.1) is 0 Å². The number of fused-ring (bicyclic) bond motifs is 3. The Bertz CT molecular complexity index is 917. The minimum Gasteiger partial charge on any atom is -0.388 e. The molecule has 1 radical (unpaired) electrons. The van der Waals surface area contributed by atoms with Crippen LogP contribution in [0.3, 0.4) is 0 Å². The van der Waals surface area contributed by atoms with Crippen LogP contribution in [0.4, 0.5) is 0 Å². The van der Waals surface area contributed by atoms with Gasteiger partial charge < -0.3 is 4.18 Å². The molecule has 0 aliphatic rings. The van der Waals surface area contributed by atoms with Crippen LogP contribution in [0.5, 0.6) is 0 Å². The molecule has 0 unspecified atom stereocenters. The molecule has 3 rings (SSSR count). The summed E-state index contributed by atoms with van der Waals surface area (Å²) in [7, 11) is -3.82. The van der Waals surface area contributed by atoms with Crippen LogP contribution >= 0.6 is 0 Å². The Morgan fingerprint density at radius 1 is 0.857 bits per heavy atom. The smallest absolute Gasteiger partial charge is 0.339 e. The van der Waals surface area contributed by atoms with Crippen LogP contribution < -0.4 is 0 Å². The molecule has 3 nitrogen and oxygen atoms in total. The second-order valence-electron chi connectivity index (χ2n) is 4.35. The monoisotopic (exact) mass is 291 g/mol. The van der Waals surface area contributed by atoms with E-state index < -0.39 is 10.1 Å². The van der Waals surface area contributed by atoms with E-state index in [1.165, 1.54) is 6.07 Å². The van der Waals surface area contributed by atoms with Crippen molar-refractivity contribution in [3.05, 3.63) is 67.4 Å². The van der Waals surface area contributed by atoms with Crippen LogP contribution in [-0.2, 0) is 14.3 Å². The van der Waals surface area contributed by atoms with E-state index in [4.69, 9.17) is 0 Å². The molecular weight excluding hydrogens is 279 g/mol. The van der Waals surface area contributed by atoms with Gasteiger partial charge in [0.25, 0.3) is 0 Å². The summed E-state index contributed by atoms with van der Waals surface area (Å²) in [6, 6.07) is 16.7. The topological polar surface area (TPSA) is 43.4 Å². The molecule has 3 aromatic carbocycles. The summed E-state index contributed by atoms with van der Waals surface area (Å²) in [6.07, 6.45) is 0.926. The van der Waals surface area contributed by atoms with Crippen LogP contribution in [0.25, 0.3) is 21.5 Å². The molecule has 0 aromatic heterocycles. The maximum atomic E-state index is 12.1. The number of rotatable bonds is 3. The zero-order valence-electron chi connectivity index (χ0n) is 11.6. The van der Waals surface area contributed by atoms with Gasteiger partial charge in [0.05, 0.1) is 6.26 Å². The van der Waals surface area contributed by atoms with Crippen LogP contribution in [0.15, 0.2) is 72.3 Å². The third-order valence-electron chi connectivity index (χ3n) is 3.21. The Morgan fingerprint density at radius 2 is 1.57 bits per heavy atom. The minimum atomic E-state index is -3.82. The third kappa shape index (κ3) is 2.71. The largest absolute Gasteiger partial charge is 0.388 e. The van der Waals surface area contributed by atoms with Gasteiger partial charge in [0.2, 0.25) is 0 Å². The Kier molecular flexibility index (Phi) is 4.43. The van der Waals surface area contributed by atoms with E-state index in [9.17, 15) is 8.42 Å². The van der Waals surface area contributed by atoms with E-state index in [0.717, 1.165) is 22.4 Å². The van der Waals surface area contributed by atoms with Crippen molar-refractivity contribution in [1.29, 1.82) is 0 Å². The second kappa shape index (κ2) is 5.95. The molecule has 0 saturated heterocycles. The SMILES string of the molecule is C=COS(=O)(=O)c1cccc2c1ccc1ccccc12.[Li]. The Hall–Kier alpha value is -1.73. The molecule has 0 heterocycles. The van der Waals surface area contributed by atoms with Crippen molar-refractivity contribution in [3.8, 4) is 0 Å². The van der Waals surface area contributed by atoms with Crippen LogP contribution in [0.2, 0.25) is 0 Å². The summed E-state index contributed by atoms with van der Waals surface area (Å²) in [4.78, 5) is 0.153. The maximum absolute atomic E-state index is 12.1. The quantitative estimate of drug-likeness (QED) is 0.321. The summed E-state index contributed by atoms with van der Waals surface area (Å²) in [5, 5.41) is 3.62. The maximum Gasteiger partial charge on any atom is 0.339 e. The molecule has 0 atom stereocenters. The first-order chi connectivity index (χ1) is 9.63. The zero-order valence-corrected chi connectivity index (χ0v) is 12.4. The van der Waals surface area contributed by atoms with Crippen LogP contribution in [0.1, 0.15) is 0 Å². The van der Waals surface area contributed by atoms with Gasteiger partial charge in [-0.1, -0.05) is 55.1 Å². The molecule has 0 N–H and O–H groups in total. The van der Waals surface area contributed by atoms with Gasteiger partial charge in [-0.2, -0.15) is 8.42 Å². The van der Waals surface area contributed by atoms with Crippen molar-refractivity contribution in [3.63, 3.8) is 0 Å². The van der Waals surface area contributed by atoms with E-state index >= 15 is 0 Å². The average molecular weight is 291 g/mol. The summed E-state index contributed by atoms with van der Waals surface area (Å²) in [5.41, 5.74) is 0. The fraction of sp³-hybridized carbons (Fsp3) is 0. The second-order valence-corrected chi connectivity index (χ2v) is 5.90. The first-order valence-corrected chi connectivity index (χ1v) is 7.49. The fourth-order valence-electron chi connectivity index (χ4n) is 2.37. The molecule has 101 valence electrons.